The lowest BCUT2D eigenvalue weighted by atomic mass is 9.53. The van der Waals surface area contributed by atoms with E-state index in [1.54, 1.807) is 24.3 Å². The van der Waals surface area contributed by atoms with Crippen LogP contribution in [0.1, 0.15) is 49.7 Å². The van der Waals surface area contributed by atoms with E-state index in [0.29, 0.717) is 22.6 Å². The van der Waals surface area contributed by atoms with Gasteiger partial charge in [-0.15, -0.1) is 0 Å². The third-order valence-electron chi connectivity index (χ3n) is 8.65. The van der Waals surface area contributed by atoms with Crippen LogP contribution in [0.4, 0.5) is 10.5 Å². The van der Waals surface area contributed by atoms with Crippen LogP contribution in [0.5, 0.6) is 11.5 Å². The number of hydrogen-bond donors (Lipinski definition) is 1. The molecular weight excluding hydrogens is 546 g/mol. The Morgan fingerprint density at radius 2 is 1.73 bits per heavy atom. The maximum atomic E-state index is 13.0. The molecule has 11 heteroatoms. The highest BCUT2D eigenvalue weighted by Gasteiger charge is 2.51. The molecule has 1 heterocycles. The molecule has 214 valence electrons. The predicted octanol–water partition coefficient (Wildman–Crippen LogP) is 5.30. The highest BCUT2D eigenvalue weighted by molar-refractivity contribution is 8.18. The van der Waals surface area contributed by atoms with Gasteiger partial charge in [-0.1, -0.05) is 18.2 Å². The van der Waals surface area contributed by atoms with Crippen LogP contribution in [0.25, 0.3) is 6.08 Å². The van der Waals surface area contributed by atoms with Gasteiger partial charge in [0.25, 0.3) is 22.7 Å². The van der Waals surface area contributed by atoms with E-state index < -0.39 is 16.1 Å². The van der Waals surface area contributed by atoms with Crippen molar-refractivity contribution in [3.63, 3.8) is 0 Å². The van der Waals surface area contributed by atoms with E-state index in [1.807, 2.05) is 0 Å². The number of hydrogen-bond acceptors (Lipinski definition) is 8. The summed E-state index contributed by atoms with van der Waals surface area (Å²) in [5.74, 6) is 2.46. The molecule has 4 saturated carbocycles. The van der Waals surface area contributed by atoms with Gasteiger partial charge in [0, 0.05) is 17.7 Å². The number of nitrogens with zero attached hydrogens (tertiary/aromatic N) is 2. The van der Waals surface area contributed by atoms with Crippen molar-refractivity contribution in [3.8, 4) is 11.5 Å². The summed E-state index contributed by atoms with van der Waals surface area (Å²) in [5, 5.41) is 13.8. The molecule has 2 aromatic rings. The second kappa shape index (κ2) is 10.8. The summed E-state index contributed by atoms with van der Waals surface area (Å²) < 4.78 is 11.3. The Kier molecular flexibility index (Phi) is 7.23. The molecule has 1 saturated heterocycles. The van der Waals surface area contributed by atoms with Gasteiger partial charge in [0.05, 0.1) is 23.5 Å². The summed E-state index contributed by atoms with van der Waals surface area (Å²) in [6.45, 7) is -0.0968. The smallest absolute Gasteiger partial charge is 0.293 e. The molecule has 4 bridgehead atoms. The number of carbonyl (C=O) groups excluding carboxylic acids is 3. The summed E-state index contributed by atoms with van der Waals surface area (Å²) in [5.41, 5.74) is 1.10. The number of nitro groups is 1. The number of benzene rings is 2. The average molecular weight is 578 g/mol. The van der Waals surface area contributed by atoms with Gasteiger partial charge in [-0.05, 0) is 97.4 Å². The van der Waals surface area contributed by atoms with Gasteiger partial charge in [0.1, 0.15) is 0 Å². The first kappa shape index (κ1) is 27.3. The number of imide groups is 1. The maximum absolute atomic E-state index is 13.0. The minimum atomic E-state index is -0.505. The Bertz CT molecular complexity index is 1400. The van der Waals surface area contributed by atoms with Crippen molar-refractivity contribution in [2.45, 2.75) is 50.6 Å². The number of thioether (sulfide) groups is 1. The number of ether oxygens (including phenoxy) is 2. The Balaban J connectivity index is 1.08. The number of nitrogens with one attached hydrogen (secondary N) is 1. The van der Waals surface area contributed by atoms with Gasteiger partial charge in [-0.3, -0.25) is 29.4 Å². The molecule has 1 N–H and O–H groups in total. The second-order valence-corrected chi connectivity index (χ2v) is 12.6. The minimum Gasteiger partial charge on any atom is -0.493 e. The summed E-state index contributed by atoms with van der Waals surface area (Å²) in [4.78, 5) is 50.1. The Morgan fingerprint density at radius 3 is 2.34 bits per heavy atom. The lowest BCUT2D eigenvalue weighted by Crippen LogP contribution is -2.60. The van der Waals surface area contributed by atoms with Gasteiger partial charge < -0.3 is 14.8 Å². The molecule has 0 spiro atoms. The fourth-order valence-corrected chi connectivity index (χ4v) is 8.16. The van der Waals surface area contributed by atoms with Crippen LogP contribution in [0.3, 0.4) is 0 Å². The van der Waals surface area contributed by atoms with Gasteiger partial charge >= 0.3 is 0 Å². The number of rotatable bonds is 9. The molecule has 4 aliphatic carbocycles. The first-order valence-electron chi connectivity index (χ1n) is 13.8. The molecule has 7 rings (SSSR count). The lowest BCUT2D eigenvalue weighted by Gasteiger charge is -2.56. The molecule has 2 aromatic carbocycles. The first-order valence-corrected chi connectivity index (χ1v) is 14.6. The molecule has 5 fully saturated rings. The highest BCUT2D eigenvalue weighted by atomic mass is 32.2. The van der Waals surface area contributed by atoms with Gasteiger partial charge in [-0.25, -0.2) is 0 Å². The Labute approximate surface area is 241 Å². The van der Waals surface area contributed by atoms with Crippen molar-refractivity contribution in [3.05, 3.63) is 68.6 Å². The molecule has 1 aliphatic heterocycles. The van der Waals surface area contributed by atoms with Gasteiger partial charge in [0.15, 0.2) is 18.1 Å². The van der Waals surface area contributed by atoms with E-state index in [4.69, 9.17) is 9.47 Å². The van der Waals surface area contributed by atoms with Crippen LogP contribution in [0, 0.1) is 27.9 Å². The van der Waals surface area contributed by atoms with Crippen LogP contribution < -0.4 is 14.8 Å². The van der Waals surface area contributed by atoms with Crippen molar-refractivity contribution >= 4 is 40.6 Å². The van der Waals surface area contributed by atoms with Crippen LogP contribution in [-0.4, -0.2) is 46.1 Å². The zero-order valence-electron chi connectivity index (χ0n) is 22.7. The summed E-state index contributed by atoms with van der Waals surface area (Å²) in [6.07, 6.45) is 8.74. The highest BCUT2D eigenvalue weighted by Crippen LogP contribution is 2.55. The largest absolute Gasteiger partial charge is 0.493 e. The number of methoxy groups -OCH3 is 1. The first-order chi connectivity index (χ1) is 19.7. The minimum absolute atomic E-state index is 0.0153. The predicted molar refractivity (Wildman–Crippen MR) is 152 cm³/mol. The van der Waals surface area contributed by atoms with Crippen molar-refractivity contribution in [2.24, 2.45) is 17.8 Å². The van der Waals surface area contributed by atoms with E-state index in [1.165, 1.54) is 50.6 Å². The topological polar surface area (TPSA) is 128 Å². The molecule has 0 aromatic heterocycles. The molecule has 3 amide bonds. The van der Waals surface area contributed by atoms with Crippen LogP contribution >= 0.6 is 11.8 Å². The second-order valence-electron chi connectivity index (χ2n) is 11.6. The Morgan fingerprint density at radius 1 is 1.07 bits per heavy atom. The fourth-order valence-electron chi connectivity index (χ4n) is 7.33. The quantitative estimate of drug-likeness (QED) is 0.241. The third-order valence-corrected chi connectivity index (χ3v) is 9.56. The molecule has 0 radical (unpaired) electrons. The van der Waals surface area contributed by atoms with Crippen LogP contribution in [0.15, 0.2) is 47.4 Å². The number of amides is 3. The van der Waals surface area contributed by atoms with Crippen molar-refractivity contribution < 1.29 is 28.8 Å². The van der Waals surface area contributed by atoms with E-state index in [0.717, 1.165) is 53.7 Å². The Hall–Kier alpha value is -3.86. The van der Waals surface area contributed by atoms with Crippen molar-refractivity contribution in [1.82, 2.24) is 10.2 Å². The zero-order chi connectivity index (χ0) is 28.7. The zero-order valence-corrected chi connectivity index (χ0v) is 23.5. The molecule has 10 nitrogen and oxygen atoms in total. The fraction of sp³-hybridized carbons (Fsp3) is 0.433. The van der Waals surface area contributed by atoms with Crippen LogP contribution in [-0.2, 0) is 16.1 Å². The van der Waals surface area contributed by atoms with Crippen molar-refractivity contribution in [2.75, 3.05) is 13.7 Å². The number of carbonyl (C=O) groups is 3. The number of non-ortho nitro benzene ring substituents is 1. The summed E-state index contributed by atoms with van der Waals surface area (Å²) >= 11 is 0.827. The maximum Gasteiger partial charge on any atom is 0.293 e. The molecular formula is C30H31N3O7S. The van der Waals surface area contributed by atoms with Crippen molar-refractivity contribution in [1.29, 1.82) is 0 Å². The SMILES string of the molecule is COc1cc(/C=C2\SC(=O)N(Cc3ccc([N+](=O)[O-])cc3)C2=O)ccc1OCC(=O)NC12CC3CC(CC(C3)C1)C2. The monoisotopic (exact) mass is 577 g/mol. The standard InChI is InChI=1S/C30H31N3O7S/c1-39-25-11-19(12-26-28(35)32(29(36)41-26)16-18-2-5-23(6-3-18)33(37)38)4-7-24(25)40-17-27(34)31-30-13-20-8-21(14-30)10-22(9-20)15-30/h2-7,11-12,20-22H,8-10,13-17H2,1H3,(H,31,34)/b26-12-. The van der Waals surface area contributed by atoms with E-state index >= 15 is 0 Å². The lowest BCUT2D eigenvalue weighted by molar-refractivity contribution is -0.384. The third kappa shape index (κ3) is 5.68. The van der Waals surface area contributed by atoms with E-state index in [-0.39, 0.29) is 35.2 Å². The molecule has 41 heavy (non-hydrogen) atoms. The molecule has 0 atom stereocenters. The normalized spacial score (nSPS) is 27.4. The van der Waals surface area contributed by atoms with E-state index in [9.17, 15) is 24.5 Å². The van der Waals surface area contributed by atoms with Gasteiger partial charge in [-0.2, -0.15) is 0 Å². The van der Waals surface area contributed by atoms with Gasteiger partial charge in [0.2, 0.25) is 0 Å². The average Bonchev–Trinajstić information content (AvgIpc) is 3.18. The molecule has 5 aliphatic rings. The number of nitro benzene ring substituents is 1. The van der Waals surface area contributed by atoms with E-state index in [2.05, 4.69) is 5.32 Å². The molecule has 0 unspecified atom stereocenters. The summed E-state index contributed by atoms with van der Waals surface area (Å²) in [7, 11) is 1.50. The van der Waals surface area contributed by atoms with Crippen LogP contribution in [0.2, 0.25) is 0 Å². The summed E-state index contributed by atoms with van der Waals surface area (Å²) in [6, 6.07) is 10.8.